The molecule has 0 spiro atoms. The number of fused-ring (bicyclic) bond motifs is 1. The van der Waals surface area contributed by atoms with Gasteiger partial charge in [-0.15, -0.1) is 0 Å². The summed E-state index contributed by atoms with van der Waals surface area (Å²) in [5, 5.41) is 0.859. The molecule has 0 fully saturated rings. The van der Waals surface area contributed by atoms with Gasteiger partial charge in [-0.2, -0.15) is 0 Å². The van der Waals surface area contributed by atoms with Crippen LogP contribution in [0.15, 0.2) is 56.2 Å². The lowest BCUT2D eigenvalue weighted by Crippen LogP contribution is -2.08. The van der Waals surface area contributed by atoms with Crippen LogP contribution in [0.3, 0.4) is 0 Å². The molecule has 0 bridgehead atoms. The standard InChI is InChI=1S/C14H7Br2NO3/c15-9-7-10(16)13(12-8(9)3-1-5-17-12)20-14(18)11-4-2-6-19-11/h1-7H. The van der Waals surface area contributed by atoms with E-state index in [0.717, 1.165) is 9.86 Å². The van der Waals surface area contributed by atoms with Crippen molar-refractivity contribution in [3.63, 3.8) is 0 Å². The zero-order chi connectivity index (χ0) is 14.1. The first-order valence-corrected chi connectivity index (χ1v) is 7.24. The van der Waals surface area contributed by atoms with Gasteiger partial charge >= 0.3 is 5.97 Å². The Morgan fingerprint density at radius 1 is 1.20 bits per heavy atom. The highest BCUT2D eigenvalue weighted by Gasteiger charge is 2.18. The van der Waals surface area contributed by atoms with E-state index in [9.17, 15) is 4.79 Å². The zero-order valence-electron chi connectivity index (χ0n) is 9.97. The molecule has 0 amide bonds. The van der Waals surface area contributed by atoms with Crippen LogP contribution in [-0.2, 0) is 0 Å². The summed E-state index contributed by atoms with van der Waals surface area (Å²) in [7, 11) is 0. The number of hydrogen-bond acceptors (Lipinski definition) is 4. The molecule has 4 nitrogen and oxygen atoms in total. The van der Waals surface area contributed by atoms with Gasteiger partial charge < -0.3 is 9.15 Å². The van der Waals surface area contributed by atoms with Crippen LogP contribution >= 0.6 is 31.9 Å². The average molecular weight is 397 g/mol. The van der Waals surface area contributed by atoms with Crippen molar-refractivity contribution in [1.82, 2.24) is 4.98 Å². The summed E-state index contributed by atoms with van der Waals surface area (Å²) in [5.74, 6) is -0.0564. The van der Waals surface area contributed by atoms with Crippen LogP contribution in [0, 0.1) is 0 Å². The minimum Gasteiger partial charge on any atom is -0.457 e. The van der Waals surface area contributed by atoms with Crippen LogP contribution in [-0.4, -0.2) is 11.0 Å². The lowest BCUT2D eigenvalue weighted by molar-refractivity contribution is 0.0702. The minimum absolute atomic E-state index is 0.142. The molecule has 2 heterocycles. The second kappa shape index (κ2) is 5.38. The molecule has 3 rings (SSSR count). The SMILES string of the molecule is O=C(Oc1c(Br)cc(Br)c2cccnc12)c1ccco1. The number of rotatable bonds is 2. The minimum atomic E-state index is -0.565. The van der Waals surface area contributed by atoms with E-state index in [4.69, 9.17) is 9.15 Å². The average Bonchev–Trinajstić information content (AvgIpc) is 2.97. The van der Waals surface area contributed by atoms with Gasteiger partial charge in [0.2, 0.25) is 5.76 Å². The van der Waals surface area contributed by atoms with Gasteiger partial charge in [0.25, 0.3) is 0 Å². The maximum atomic E-state index is 12.0. The Hall–Kier alpha value is -1.66. The van der Waals surface area contributed by atoms with E-state index in [1.54, 1.807) is 18.3 Å². The molecule has 0 aliphatic rings. The molecule has 0 radical (unpaired) electrons. The largest absolute Gasteiger partial charge is 0.457 e. The first kappa shape index (κ1) is 13.3. The molecule has 0 atom stereocenters. The number of nitrogens with zero attached hydrogens (tertiary/aromatic N) is 1. The number of carbonyl (C=O) groups excluding carboxylic acids is 1. The van der Waals surface area contributed by atoms with Gasteiger partial charge in [-0.25, -0.2) is 4.79 Å². The number of esters is 1. The van der Waals surface area contributed by atoms with E-state index >= 15 is 0 Å². The van der Waals surface area contributed by atoms with Crippen molar-refractivity contribution in [2.24, 2.45) is 0 Å². The summed E-state index contributed by atoms with van der Waals surface area (Å²) in [4.78, 5) is 16.2. The van der Waals surface area contributed by atoms with Crippen molar-refractivity contribution in [2.45, 2.75) is 0 Å². The number of benzene rings is 1. The number of furan rings is 1. The molecular weight excluding hydrogens is 390 g/mol. The van der Waals surface area contributed by atoms with Gasteiger partial charge in [0.1, 0.15) is 5.52 Å². The fourth-order valence-electron chi connectivity index (χ4n) is 1.78. The van der Waals surface area contributed by atoms with Gasteiger partial charge in [0.05, 0.1) is 10.7 Å². The quantitative estimate of drug-likeness (QED) is 0.470. The molecule has 6 heteroatoms. The normalized spacial score (nSPS) is 10.7. The Labute approximate surface area is 131 Å². The molecule has 0 saturated heterocycles. The fourth-order valence-corrected chi connectivity index (χ4v) is 3.14. The van der Waals surface area contributed by atoms with Crippen LogP contribution in [0.25, 0.3) is 10.9 Å². The summed E-state index contributed by atoms with van der Waals surface area (Å²) >= 11 is 6.84. The fraction of sp³-hybridized carbons (Fsp3) is 0. The third-order valence-electron chi connectivity index (χ3n) is 2.67. The third kappa shape index (κ3) is 2.36. The Morgan fingerprint density at radius 3 is 2.80 bits per heavy atom. The molecule has 1 aromatic carbocycles. The second-order valence-corrected chi connectivity index (χ2v) is 5.64. The van der Waals surface area contributed by atoms with Gasteiger partial charge in [-0.3, -0.25) is 4.98 Å². The summed E-state index contributed by atoms with van der Waals surface area (Å²) in [6.07, 6.45) is 3.06. The van der Waals surface area contributed by atoms with Crippen molar-refractivity contribution in [1.29, 1.82) is 0 Å². The maximum Gasteiger partial charge on any atom is 0.379 e. The van der Waals surface area contributed by atoms with Crippen LogP contribution in [0.2, 0.25) is 0 Å². The lowest BCUT2D eigenvalue weighted by Gasteiger charge is -2.09. The molecule has 0 saturated carbocycles. The zero-order valence-corrected chi connectivity index (χ0v) is 13.1. The van der Waals surface area contributed by atoms with Gasteiger partial charge in [0.15, 0.2) is 5.75 Å². The summed E-state index contributed by atoms with van der Waals surface area (Å²) < 4.78 is 11.9. The van der Waals surface area contributed by atoms with Crippen molar-refractivity contribution in [3.05, 3.63) is 57.5 Å². The summed E-state index contributed by atoms with van der Waals surface area (Å²) in [6, 6.07) is 8.70. The highest BCUT2D eigenvalue weighted by Crippen LogP contribution is 2.37. The Morgan fingerprint density at radius 2 is 2.05 bits per heavy atom. The van der Waals surface area contributed by atoms with Crippen LogP contribution < -0.4 is 4.74 Å². The number of halogens is 2. The highest BCUT2D eigenvalue weighted by molar-refractivity contribution is 9.11. The van der Waals surface area contributed by atoms with Gasteiger partial charge in [-0.05, 0) is 40.2 Å². The smallest absolute Gasteiger partial charge is 0.379 e. The first-order chi connectivity index (χ1) is 9.66. The van der Waals surface area contributed by atoms with Gasteiger partial charge in [0, 0.05) is 16.1 Å². The number of carbonyl (C=O) groups is 1. The first-order valence-electron chi connectivity index (χ1n) is 5.65. The molecule has 0 unspecified atom stereocenters. The van der Waals surface area contributed by atoms with E-state index in [1.807, 2.05) is 18.2 Å². The topological polar surface area (TPSA) is 52.3 Å². The van der Waals surface area contributed by atoms with E-state index in [2.05, 4.69) is 36.8 Å². The monoisotopic (exact) mass is 395 g/mol. The van der Waals surface area contributed by atoms with E-state index < -0.39 is 5.97 Å². The molecule has 2 aromatic heterocycles. The molecule has 0 N–H and O–H groups in total. The van der Waals surface area contributed by atoms with Crippen LogP contribution in [0.4, 0.5) is 0 Å². The van der Waals surface area contributed by atoms with Crippen LogP contribution in [0.1, 0.15) is 10.6 Å². The molecule has 0 aliphatic heterocycles. The van der Waals surface area contributed by atoms with E-state index in [-0.39, 0.29) is 5.76 Å². The van der Waals surface area contributed by atoms with Crippen LogP contribution in [0.5, 0.6) is 5.75 Å². The lowest BCUT2D eigenvalue weighted by atomic mass is 10.2. The third-order valence-corrected chi connectivity index (χ3v) is 3.91. The molecule has 100 valence electrons. The van der Waals surface area contributed by atoms with Crippen molar-refractivity contribution in [2.75, 3.05) is 0 Å². The number of pyridine rings is 1. The Bertz CT molecular complexity index is 784. The number of hydrogen-bond donors (Lipinski definition) is 0. The van der Waals surface area contributed by atoms with Crippen molar-refractivity contribution in [3.8, 4) is 5.75 Å². The summed E-state index contributed by atoms with van der Waals surface area (Å²) in [6.45, 7) is 0. The Kier molecular flexibility index (Phi) is 3.58. The second-order valence-electron chi connectivity index (χ2n) is 3.94. The number of ether oxygens (including phenoxy) is 1. The molecule has 20 heavy (non-hydrogen) atoms. The molecule has 3 aromatic rings. The Balaban J connectivity index is 2.10. The molecule has 0 aliphatic carbocycles. The predicted molar refractivity (Wildman–Crippen MR) is 80.8 cm³/mol. The van der Waals surface area contributed by atoms with Gasteiger partial charge in [-0.1, -0.05) is 22.0 Å². The summed E-state index contributed by atoms with van der Waals surface area (Å²) in [5.41, 5.74) is 0.591. The maximum absolute atomic E-state index is 12.0. The predicted octanol–water partition coefficient (Wildman–Crippen LogP) is 4.57. The van der Waals surface area contributed by atoms with E-state index in [1.165, 1.54) is 6.26 Å². The van der Waals surface area contributed by atoms with Crippen molar-refractivity contribution >= 4 is 48.7 Å². The van der Waals surface area contributed by atoms with Crippen molar-refractivity contribution < 1.29 is 13.9 Å². The van der Waals surface area contributed by atoms with E-state index in [0.29, 0.717) is 15.7 Å². The number of aromatic nitrogens is 1. The highest BCUT2D eigenvalue weighted by atomic mass is 79.9. The molecular formula is C14H7Br2NO3.